The van der Waals surface area contributed by atoms with E-state index in [1.165, 1.54) is 0 Å². The first-order valence-corrected chi connectivity index (χ1v) is 5.87. The molecule has 0 N–H and O–H groups in total. The van der Waals surface area contributed by atoms with Gasteiger partial charge >= 0.3 is 0 Å². The zero-order chi connectivity index (χ0) is 13.1. The molecule has 1 amide bonds. The predicted molar refractivity (Wildman–Crippen MR) is 70.2 cm³/mol. The molecule has 1 aromatic heterocycles. The normalized spacial score (nSPS) is 10.4. The number of aromatic nitrogens is 2. The third-order valence-electron chi connectivity index (χ3n) is 2.97. The molecule has 1 heterocycles. The third-order valence-corrected chi connectivity index (χ3v) is 2.97. The Labute approximate surface area is 107 Å². The van der Waals surface area contributed by atoms with E-state index in [2.05, 4.69) is 5.10 Å². The van der Waals surface area contributed by atoms with Crippen LogP contribution in [-0.2, 0) is 13.6 Å². The molecule has 0 atom stereocenters. The number of amides is 1. The van der Waals surface area contributed by atoms with E-state index in [0.29, 0.717) is 12.1 Å². The maximum absolute atomic E-state index is 12.2. The first-order valence-electron chi connectivity index (χ1n) is 5.87. The molecular weight excluding hydrogens is 226 g/mol. The van der Waals surface area contributed by atoms with Crippen LogP contribution in [0.25, 0.3) is 0 Å². The summed E-state index contributed by atoms with van der Waals surface area (Å²) < 4.78 is 1.78. The summed E-state index contributed by atoms with van der Waals surface area (Å²) in [4.78, 5) is 13.9. The van der Waals surface area contributed by atoms with Crippen LogP contribution in [0, 0.1) is 6.92 Å². The van der Waals surface area contributed by atoms with Crippen LogP contribution in [0.4, 0.5) is 0 Å². The fraction of sp³-hybridized carbons (Fsp3) is 0.286. The predicted octanol–water partition coefficient (Wildman–Crippen LogP) is 2.00. The Morgan fingerprint density at radius 1 is 1.28 bits per heavy atom. The van der Waals surface area contributed by atoms with Gasteiger partial charge in [0.1, 0.15) is 0 Å². The molecule has 2 aromatic rings. The molecule has 1 aromatic carbocycles. The zero-order valence-corrected chi connectivity index (χ0v) is 10.9. The molecule has 0 saturated carbocycles. The van der Waals surface area contributed by atoms with Crippen LogP contribution in [0.15, 0.2) is 36.5 Å². The average molecular weight is 243 g/mol. The van der Waals surface area contributed by atoms with Gasteiger partial charge in [-0.25, -0.2) is 0 Å². The summed E-state index contributed by atoms with van der Waals surface area (Å²) in [5.74, 6) is 0.0243. The van der Waals surface area contributed by atoms with Gasteiger partial charge in [0.15, 0.2) is 0 Å². The third kappa shape index (κ3) is 2.59. The largest absolute Gasteiger partial charge is 0.336 e. The number of hydrogen-bond donors (Lipinski definition) is 0. The minimum absolute atomic E-state index is 0.0243. The van der Waals surface area contributed by atoms with Crippen molar-refractivity contribution >= 4 is 5.91 Å². The Kier molecular flexibility index (Phi) is 3.46. The summed E-state index contributed by atoms with van der Waals surface area (Å²) >= 11 is 0. The van der Waals surface area contributed by atoms with Crippen LogP contribution in [0.1, 0.15) is 21.6 Å². The summed E-state index contributed by atoms with van der Waals surface area (Å²) in [7, 11) is 3.68. The summed E-state index contributed by atoms with van der Waals surface area (Å²) in [5, 5.41) is 4.09. The van der Waals surface area contributed by atoms with Crippen molar-refractivity contribution in [3.05, 3.63) is 53.3 Å². The zero-order valence-electron chi connectivity index (χ0n) is 10.9. The Balaban J connectivity index is 2.09. The summed E-state index contributed by atoms with van der Waals surface area (Å²) in [6.45, 7) is 2.57. The number of benzene rings is 1. The lowest BCUT2D eigenvalue weighted by Gasteiger charge is -2.17. The molecule has 0 fully saturated rings. The molecule has 0 radical (unpaired) electrons. The van der Waals surface area contributed by atoms with E-state index < -0.39 is 0 Å². The van der Waals surface area contributed by atoms with E-state index in [4.69, 9.17) is 0 Å². The number of rotatable bonds is 3. The van der Waals surface area contributed by atoms with E-state index >= 15 is 0 Å². The van der Waals surface area contributed by atoms with Crippen molar-refractivity contribution in [1.82, 2.24) is 14.7 Å². The lowest BCUT2D eigenvalue weighted by atomic mass is 10.1. The molecule has 0 unspecified atom stereocenters. The van der Waals surface area contributed by atoms with Gasteiger partial charge in [0, 0.05) is 25.9 Å². The molecule has 0 aliphatic carbocycles. The van der Waals surface area contributed by atoms with Gasteiger partial charge in [-0.15, -0.1) is 0 Å². The Morgan fingerprint density at radius 3 is 2.50 bits per heavy atom. The molecule has 2 rings (SSSR count). The second-order valence-electron chi connectivity index (χ2n) is 4.47. The first kappa shape index (κ1) is 12.4. The maximum Gasteiger partial charge on any atom is 0.253 e. The highest BCUT2D eigenvalue weighted by molar-refractivity contribution is 5.94. The van der Waals surface area contributed by atoms with Crippen LogP contribution < -0.4 is 0 Å². The monoisotopic (exact) mass is 243 g/mol. The van der Waals surface area contributed by atoms with Gasteiger partial charge in [-0.1, -0.05) is 17.7 Å². The smallest absolute Gasteiger partial charge is 0.253 e. The molecule has 94 valence electrons. The van der Waals surface area contributed by atoms with Crippen molar-refractivity contribution in [2.24, 2.45) is 7.05 Å². The maximum atomic E-state index is 12.2. The first-order chi connectivity index (χ1) is 8.58. The molecule has 18 heavy (non-hydrogen) atoms. The molecule has 0 aliphatic heterocycles. The van der Waals surface area contributed by atoms with Crippen molar-refractivity contribution in [2.45, 2.75) is 13.5 Å². The van der Waals surface area contributed by atoms with Crippen LogP contribution >= 0.6 is 0 Å². The van der Waals surface area contributed by atoms with E-state index in [1.807, 2.05) is 44.3 Å². The van der Waals surface area contributed by atoms with Crippen molar-refractivity contribution in [2.75, 3.05) is 7.05 Å². The van der Waals surface area contributed by atoms with Gasteiger partial charge < -0.3 is 4.90 Å². The van der Waals surface area contributed by atoms with Gasteiger partial charge in [-0.2, -0.15) is 5.10 Å². The van der Waals surface area contributed by atoms with Gasteiger partial charge in [0.25, 0.3) is 5.91 Å². The highest BCUT2D eigenvalue weighted by atomic mass is 16.2. The Bertz CT molecular complexity index is 542. The minimum atomic E-state index is 0.0243. The minimum Gasteiger partial charge on any atom is -0.336 e. The fourth-order valence-corrected chi connectivity index (χ4v) is 1.79. The van der Waals surface area contributed by atoms with Gasteiger partial charge in [-0.05, 0) is 25.1 Å². The molecule has 0 aliphatic rings. The Morgan fingerprint density at radius 2 is 1.94 bits per heavy atom. The highest BCUT2D eigenvalue weighted by Gasteiger charge is 2.12. The van der Waals surface area contributed by atoms with Crippen molar-refractivity contribution in [3.63, 3.8) is 0 Å². The number of nitrogens with zero attached hydrogens (tertiary/aromatic N) is 3. The molecular formula is C14H17N3O. The summed E-state index contributed by atoms with van der Waals surface area (Å²) in [5.41, 5.74) is 2.88. The van der Waals surface area contributed by atoms with Crippen LogP contribution in [0.5, 0.6) is 0 Å². The van der Waals surface area contributed by atoms with E-state index in [9.17, 15) is 4.79 Å². The quantitative estimate of drug-likeness (QED) is 0.827. The molecule has 0 saturated heterocycles. The molecule has 4 nitrogen and oxygen atoms in total. The SMILES string of the molecule is Cc1ccc(C(=O)N(C)Cc2ccnn2C)cc1. The topological polar surface area (TPSA) is 38.1 Å². The standard InChI is InChI=1S/C14H17N3O/c1-11-4-6-12(7-5-11)14(18)16(2)10-13-8-9-15-17(13)3/h4-9H,10H2,1-3H3. The fourth-order valence-electron chi connectivity index (χ4n) is 1.79. The average Bonchev–Trinajstić information content (AvgIpc) is 2.75. The van der Waals surface area contributed by atoms with E-state index in [0.717, 1.165) is 11.3 Å². The van der Waals surface area contributed by atoms with E-state index in [1.54, 1.807) is 22.8 Å². The number of carbonyl (C=O) groups excluding carboxylic acids is 1. The Hall–Kier alpha value is -2.10. The lowest BCUT2D eigenvalue weighted by molar-refractivity contribution is 0.0782. The number of hydrogen-bond acceptors (Lipinski definition) is 2. The van der Waals surface area contributed by atoms with Gasteiger partial charge in [-0.3, -0.25) is 9.48 Å². The second kappa shape index (κ2) is 5.04. The molecule has 4 heteroatoms. The molecule has 0 bridgehead atoms. The van der Waals surface area contributed by atoms with E-state index in [-0.39, 0.29) is 5.91 Å². The summed E-state index contributed by atoms with van der Waals surface area (Å²) in [6.07, 6.45) is 1.74. The second-order valence-corrected chi connectivity index (χ2v) is 4.47. The summed E-state index contributed by atoms with van der Waals surface area (Å²) in [6, 6.07) is 9.53. The van der Waals surface area contributed by atoms with Crippen LogP contribution in [0.3, 0.4) is 0 Å². The van der Waals surface area contributed by atoms with Crippen LogP contribution in [0.2, 0.25) is 0 Å². The number of carbonyl (C=O) groups is 1. The highest BCUT2D eigenvalue weighted by Crippen LogP contribution is 2.09. The van der Waals surface area contributed by atoms with Crippen molar-refractivity contribution in [3.8, 4) is 0 Å². The molecule has 0 spiro atoms. The van der Waals surface area contributed by atoms with Gasteiger partial charge in [0.05, 0.1) is 12.2 Å². The lowest BCUT2D eigenvalue weighted by Crippen LogP contribution is -2.27. The van der Waals surface area contributed by atoms with Gasteiger partial charge in [0.2, 0.25) is 0 Å². The van der Waals surface area contributed by atoms with Crippen LogP contribution in [-0.4, -0.2) is 27.6 Å². The van der Waals surface area contributed by atoms with Crippen molar-refractivity contribution in [1.29, 1.82) is 0 Å². The number of aryl methyl sites for hydroxylation is 2. The van der Waals surface area contributed by atoms with Crippen molar-refractivity contribution < 1.29 is 4.79 Å².